The molecule has 0 radical (unpaired) electrons. The number of ether oxygens (including phenoxy) is 1. The third-order valence-corrected chi connectivity index (χ3v) is 6.07. The lowest BCUT2D eigenvalue weighted by atomic mass is 10.0. The van der Waals surface area contributed by atoms with Gasteiger partial charge in [-0.1, -0.05) is 34.4 Å². The molecular formula is C23H22Cl2N4O3. The molecule has 7 nitrogen and oxygen atoms in total. The number of carbonyl (C=O) groups is 1. The van der Waals surface area contributed by atoms with E-state index in [1.165, 1.54) is 0 Å². The van der Waals surface area contributed by atoms with Gasteiger partial charge in [-0.15, -0.1) is 0 Å². The molecule has 0 bridgehead atoms. The molecule has 2 heterocycles. The molecule has 2 aromatic carbocycles. The van der Waals surface area contributed by atoms with Crippen molar-refractivity contribution >= 4 is 40.5 Å². The van der Waals surface area contributed by atoms with Gasteiger partial charge in [-0.3, -0.25) is 9.48 Å². The first kappa shape index (κ1) is 22.2. The highest BCUT2D eigenvalue weighted by Gasteiger charge is 2.30. The normalized spacial score (nSPS) is 15.3. The predicted molar refractivity (Wildman–Crippen MR) is 125 cm³/mol. The van der Waals surface area contributed by atoms with Crippen LogP contribution in [-0.4, -0.2) is 34.6 Å². The van der Waals surface area contributed by atoms with Crippen LogP contribution in [-0.2, 0) is 16.2 Å². The molecule has 0 spiro atoms. The van der Waals surface area contributed by atoms with Crippen LogP contribution in [0.1, 0.15) is 28.9 Å². The van der Waals surface area contributed by atoms with E-state index >= 15 is 0 Å². The van der Waals surface area contributed by atoms with Crippen molar-refractivity contribution in [3.8, 4) is 5.75 Å². The lowest BCUT2D eigenvalue weighted by molar-refractivity contribution is -0.125. The third kappa shape index (κ3) is 4.59. The molecule has 1 N–H and O–H groups in total. The van der Waals surface area contributed by atoms with E-state index in [9.17, 15) is 4.79 Å². The van der Waals surface area contributed by atoms with Crippen LogP contribution in [0.25, 0.3) is 0 Å². The number of amides is 1. The van der Waals surface area contributed by atoms with E-state index in [2.05, 4.69) is 15.6 Å². The van der Waals surface area contributed by atoms with Crippen LogP contribution < -0.4 is 10.1 Å². The molecule has 1 unspecified atom stereocenters. The molecule has 32 heavy (non-hydrogen) atoms. The van der Waals surface area contributed by atoms with Crippen molar-refractivity contribution in [1.82, 2.24) is 9.78 Å². The van der Waals surface area contributed by atoms with Gasteiger partial charge in [0, 0.05) is 6.42 Å². The van der Waals surface area contributed by atoms with E-state index in [1.807, 2.05) is 54.9 Å². The van der Waals surface area contributed by atoms with Gasteiger partial charge in [0.1, 0.15) is 5.75 Å². The number of nitrogens with zero attached hydrogens (tertiary/aromatic N) is 3. The Morgan fingerprint density at radius 1 is 1.19 bits per heavy atom. The van der Waals surface area contributed by atoms with Crippen LogP contribution in [0.3, 0.4) is 0 Å². The molecule has 166 valence electrons. The Hall–Kier alpha value is -3.03. The molecule has 0 saturated carbocycles. The van der Waals surface area contributed by atoms with Crippen molar-refractivity contribution in [2.45, 2.75) is 32.9 Å². The molecule has 0 fully saturated rings. The number of carbonyl (C=O) groups excluding carboxylic acids is 1. The second-order valence-corrected chi connectivity index (χ2v) is 8.32. The topological polar surface area (TPSA) is 77.7 Å². The molecule has 9 heteroatoms. The summed E-state index contributed by atoms with van der Waals surface area (Å²) in [7, 11) is 1.61. The van der Waals surface area contributed by atoms with E-state index in [0.717, 1.165) is 28.3 Å². The number of hydrogen-bond donors (Lipinski definition) is 1. The van der Waals surface area contributed by atoms with E-state index < -0.39 is 6.10 Å². The predicted octanol–water partition coefficient (Wildman–Crippen LogP) is 5.00. The third-order valence-electron chi connectivity index (χ3n) is 5.33. The maximum absolute atomic E-state index is 12.8. The summed E-state index contributed by atoms with van der Waals surface area (Å²) in [6.07, 6.45) is -0.322. The van der Waals surface area contributed by atoms with Gasteiger partial charge in [0.25, 0.3) is 5.91 Å². The monoisotopic (exact) mass is 472 g/mol. The van der Waals surface area contributed by atoms with Crippen LogP contribution in [0, 0.1) is 13.8 Å². The number of anilines is 1. The summed E-state index contributed by atoms with van der Waals surface area (Å²) in [6, 6.07) is 12.9. The summed E-state index contributed by atoms with van der Waals surface area (Å²) >= 11 is 12.1. The van der Waals surface area contributed by atoms with Crippen molar-refractivity contribution in [2.24, 2.45) is 5.16 Å². The standard InChI is InChI=1S/C23H22Cl2N4O3/c1-13-22(14(2)29(27-13)12-15-4-9-18(24)19(25)10-15)26-23(30)21-11-20(28-32-21)16-5-7-17(31-3)8-6-16/h4-10,21H,11-12H2,1-3H3,(H,26,30). The van der Waals surface area contributed by atoms with E-state index in [-0.39, 0.29) is 5.91 Å². The van der Waals surface area contributed by atoms with Gasteiger partial charge in [0.2, 0.25) is 6.10 Å². The van der Waals surface area contributed by atoms with Crippen molar-refractivity contribution in [3.63, 3.8) is 0 Å². The number of nitrogens with one attached hydrogen (secondary N) is 1. The second kappa shape index (κ2) is 9.22. The minimum atomic E-state index is -0.704. The Morgan fingerprint density at radius 2 is 1.94 bits per heavy atom. The molecule has 1 aromatic heterocycles. The minimum Gasteiger partial charge on any atom is -0.497 e. The first-order valence-corrected chi connectivity index (χ1v) is 10.8. The van der Waals surface area contributed by atoms with Crippen LogP contribution in [0.5, 0.6) is 5.75 Å². The summed E-state index contributed by atoms with van der Waals surface area (Å²) in [5.41, 5.74) is 4.77. The summed E-state index contributed by atoms with van der Waals surface area (Å²) in [5, 5.41) is 12.6. The molecule has 0 saturated heterocycles. The van der Waals surface area contributed by atoms with E-state index in [4.69, 9.17) is 32.8 Å². The maximum Gasteiger partial charge on any atom is 0.268 e. The van der Waals surface area contributed by atoms with Crippen LogP contribution in [0.15, 0.2) is 47.6 Å². The molecule has 1 amide bonds. The summed E-state index contributed by atoms with van der Waals surface area (Å²) in [6.45, 7) is 4.26. The van der Waals surface area contributed by atoms with Gasteiger partial charge in [-0.25, -0.2) is 0 Å². The Kier molecular flexibility index (Phi) is 6.39. The summed E-state index contributed by atoms with van der Waals surface area (Å²) in [5.74, 6) is 0.490. The number of methoxy groups -OCH3 is 1. The second-order valence-electron chi connectivity index (χ2n) is 7.51. The Balaban J connectivity index is 1.43. The van der Waals surface area contributed by atoms with Crippen molar-refractivity contribution in [2.75, 3.05) is 12.4 Å². The molecule has 3 aromatic rings. The number of halogens is 2. The lowest BCUT2D eigenvalue weighted by Crippen LogP contribution is -2.28. The maximum atomic E-state index is 12.8. The van der Waals surface area contributed by atoms with Gasteiger partial charge in [-0.2, -0.15) is 5.10 Å². The van der Waals surface area contributed by atoms with Gasteiger partial charge >= 0.3 is 0 Å². The first-order chi connectivity index (χ1) is 15.4. The fourth-order valence-electron chi connectivity index (χ4n) is 3.52. The first-order valence-electron chi connectivity index (χ1n) is 10.0. The Labute approximate surface area is 195 Å². The molecule has 1 aliphatic rings. The molecule has 1 atom stereocenters. The number of aromatic nitrogens is 2. The summed E-state index contributed by atoms with van der Waals surface area (Å²) in [4.78, 5) is 18.3. The number of benzene rings is 2. The van der Waals surface area contributed by atoms with Crippen LogP contribution in [0.4, 0.5) is 5.69 Å². The minimum absolute atomic E-state index is 0.266. The Morgan fingerprint density at radius 3 is 2.62 bits per heavy atom. The van der Waals surface area contributed by atoms with Crippen molar-refractivity contribution < 1.29 is 14.4 Å². The number of aryl methyl sites for hydroxylation is 1. The van der Waals surface area contributed by atoms with Crippen LogP contribution in [0.2, 0.25) is 10.0 Å². The van der Waals surface area contributed by atoms with Gasteiger partial charge in [-0.05, 0) is 61.4 Å². The fourth-order valence-corrected chi connectivity index (χ4v) is 3.84. The molecule has 0 aliphatic carbocycles. The van der Waals surface area contributed by atoms with Crippen molar-refractivity contribution in [1.29, 1.82) is 0 Å². The average Bonchev–Trinajstić information content (AvgIpc) is 3.38. The summed E-state index contributed by atoms with van der Waals surface area (Å²) < 4.78 is 6.99. The quantitative estimate of drug-likeness (QED) is 0.547. The zero-order valence-electron chi connectivity index (χ0n) is 17.9. The van der Waals surface area contributed by atoms with Gasteiger partial charge in [0.05, 0.1) is 46.5 Å². The zero-order valence-corrected chi connectivity index (χ0v) is 19.4. The zero-order chi connectivity index (χ0) is 22.8. The molecule has 1 aliphatic heterocycles. The number of oxime groups is 1. The van der Waals surface area contributed by atoms with Crippen molar-refractivity contribution in [3.05, 3.63) is 75.0 Å². The molecule has 4 rings (SSSR count). The highest BCUT2D eigenvalue weighted by molar-refractivity contribution is 6.42. The van der Waals surface area contributed by atoms with Gasteiger partial charge < -0.3 is 14.9 Å². The smallest absolute Gasteiger partial charge is 0.268 e. The Bertz CT molecular complexity index is 1190. The fraction of sp³-hybridized carbons (Fsp3) is 0.261. The number of hydrogen-bond acceptors (Lipinski definition) is 5. The average molecular weight is 473 g/mol. The van der Waals surface area contributed by atoms with Gasteiger partial charge in [0.15, 0.2) is 0 Å². The highest BCUT2D eigenvalue weighted by atomic mass is 35.5. The van der Waals surface area contributed by atoms with Crippen LogP contribution >= 0.6 is 23.2 Å². The highest BCUT2D eigenvalue weighted by Crippen LogP contribution is 2.26. The lowest BCUT2D eigenvalue weighted by Gasteiger charge is -2.10. The molecular weight excluding hydrogens is 451 g/mol. The SMILES string of the molecule is COc1ccc(C2=NOC(C(=O)Nc3c(C)nn(Cc4ccc(Cl)c(Cl)c4)c3C)C2)cc1. The largest absolute Gasteiger partial charge is 0.497 e. The number of rotatable bonds is 6. The van der Waals surface area contributed by atoms with E-state index in [0.29, 0.717) is 34.4 Å². The van der Waals surface area contributed by atoms with E-state index in [1.54, 1.807) is 13.2 Å².